The van der Waals surface area contributed by atoms with Crippen LogP contribution in [0.1, 0.15) is 18.1 Å². The Morgan fingerprint density at radius 3 is 2.42 bits per heavy atom. The molecule has 2 nitrogen and oxygen atoms in total. The van der Waals surface area contributed by atoms with Crippen molar-refractivity contribution in [2.45, 2.75) is 18.8 Å². The van der Waals surface area contributed by atoms with Gasteiger partial charge in [0.1, 0.15) is 5.82 Å². The predicted molar refractivity (Wildman–Crippen MR) is 71.5 cm³/mol. The van der Waals surface area contributed by atoms with Crippen molar-refractivity contribution in [2.75, 3.05) is 0 Å². The zero-order valence-corrected chi connectivity index (χ0v) is 10.6. The minimum atomic E-state index is -1.06. The van der Waals surface area contributed by atoms with E-state index in [1.165, 1.54) is 12.1 Å². The molecule has 0 spiro atoms. The molecule has 0 fully saturated rings. The van der Waals surface area contributed by atoms with Gasteiger partial charge < -0.3 is 5.11 Å². The lowest BCUT2D eigenvalue weighted by Gasteiger charge is -2.25. The smallest absolute Gasteiger partial charge is 0.314 e. The van der Waals surface area contributed by atoms with Gasteiger partial charge in [0.2, 0.25) is 0 Å². The normalized spacial score (nSPS) is 13.8. The van der Waals surface area contributed by atoms with Crippen LogP contribution in [0.25, 0.3) is 0 Å². The number of carboxylic acid groups (broad SMARTS) is 1. The molecule has 0 aliphatic rings. The molecule has 0 aliphatic carbocycles. The van der Waals surface area contributed by atoms with Crippen LogP contribution in [0.15, 0.2) is 54.6 Å². The average Bonchev–Trinajstić information content (AvgIpc) is 2.39. The number of aliphatic carboxylic acids is 1. The molecular weight excluding hydrogens is 243 g/mol. The van der Waals surface area contributed by atoms with Crippen LogP contribution in [0.2, 0.25) is 0 Å². The van der Waals surface area contributed by atoms with E-state index in [4.69, 9.17) is 0 Å². The molecule has 1 atom stereocenters. The Balaban J connectivity index is 2.39. The molecule has 1 N–H and O–H groups in total. The minimum Gasteiger partial charge on any atom is -0.481 e. The van der Waals surface area contributed by atoms with Crippen LogP contribution in [0.3, 0.4) is 0 Å². The highest BCUT2D eigenvalue weighted by molar-refractivity contribution is 5.81. The van der Waals surface area contributed by atoms with Gasteiger partial charge in [-0.05, 0) is 36.6 Å². The molecule has 0 heterocycles. The van der Waals surface area contributed by atoms with Crippen molar-refractivity contribution in [2.24, 2.45) is 0 Å². The molecule has 0 radical (unpaired) electrons. The molecule has 1 unspecified atom stereocenters. The number of carboxylic acids is 1. The molecule has 2 rings (SSSR count). The van der Waals surface area contributed by atoms with Crippen LogP contribution < -0.4 is 0 Å². The van der Waals surface area contributed by atoms with Gasteiger partial charge in [0.15, 0.2) is 0 Å². The molecule has 3 heteroatoms. The van der Waals surface area contributed by atoms with Crippen LogP contribution in [0, 0.1) is 5.82 Å². The Kier molecular flexibility index (Phi) is 3.65. The van der Waals surface area contributed by atoms with E-state index in [2.05, 4.69) is 0 Å². The van der Waals surface area contributed by atoms with E-state index in [-0.39, 0.29) is 12.2 Å². The van der Waals surface area contributed by atoms with E-state index in [1.807, 2.05) is 18.2 Å². The van der Waals surface area contributed by atoms with Crippen molar-refractivity contribution in [1.29, 1.82) is 0 Å². The van der Waals surface area contributed by atoms with Crippen LogP contribution in [0.4, 0.5) is 4.39 Å². The van der Waals surface area contributed by atoms with E-state index >= 15 is 0 Å². The summed E-state index contributed by atoms with van der Waals surface area (Å²) >= 11 is 0. The Morgan fingerprint density at radius 1 is 1.16 bits per heavy atom. The maximum Gasteiger partial charge on any atom is 0.314 e. The lowest BCUT2D eigenvalue weighted by Crippen LogP contribution is -2.34. The van der Waals surface area contributed by atoms with E-state index in [0.717, 1.165) is 0 Å². The highest BCUT2D eigenvalue weighted by atomic mass is 19.1. The molecule has 98 valence electrons. The fourth-order valence-electron chi connectivity index (χ4n) is 2.16. The number of benzene rings is 2. The molecule has 19 heavy (non-hydrogen) atoms. The van der Waals surface area contributed by atoms with E-state index in [9.17, 15) is 14.3 Å². The third kappa shape index (κ3) is 2.81. The number of hydrogen-bond acceptors (Lipinski definition) is 1. The molecule has 0 bridgehead atoms. The van der Waals surface area contributed by atoms with Gasteiger partial charge in [-0.3, -0.25) is 4.79 Å². The topological polar surface area (TPSA) is 37.3 Å². The van der Waals surface area contributed by atoms with Crippen molar-refractivity contribution in [3.8, 4) is 0 Å². The van der Waals surface area contributed by atoms with Crippen LogP contribution in [-0.4, -0.2) is 11.1 Å². The molecule has 0 aliphatic heterocycles. The maximum absolute atomic E-state index is 13.2. The second-order valence-corrected chi connectivity index (χ2v) is 4.81. The number of carbonyl (C=O) groups is 1. The summed E-state index contributed by atoms with van der Waals surface area (Å²) in [6.45, 7) is 1.66. The summed E-state index contributed by atoms with van der Waals surface area (Å²) in [6.07, 6.45) is 0.254. The summed E-state index contributed by atoms with van der Waals surface area (Å²) in [5, 5.41) is 9.52. The fourth-order valence-corrected chi connectivity index (χ4v) is 2.16. The summed E-state index contributed by atoms with van der Waals surface area (Å²) in [6, 6.07) is 15.1. The largest absolute Gasteiger partial charge is 0.481 e. The Labute approximate surface area is 111 Å². The zero-order valence-electron chi connectivity index (χ0n) is 10.6. The average molecular weight is 258 g/mol. The molecule has 0 aromatic heterocycles. The number of rotatable bonds is 4. The maximum atomic E-state index is 13.2. The van der Waals surface area contributed by atoms with E-state index in [1.54, 1.807) is 31.2 Å². The number of hydrogen-bond donors (Lipinski definition) is 1. The van der Waals surface area contributed by atoms with Crippen molar-refractivity contribution in [3.63, 3.8) is 0 Å². The summed E-state index contributed by atoms with van der Waals surface area (Å²) in [5.74, 6) is -1.26. The first-order chi connectivity index (χ1) is 9.02. The SMILES string of the molecule is CC(Cc1cccc(F)c1)(C(=O)O)c1ccccc1. The monoisotopic (exact) mass is 258 g/mol. The third-order valence-electron chi connectivity index (χ3n) is 3.33. The Bertz CT molecular complexity index is 580. The zero-order chi connectivity index (χ0) is 13.9. The van der Waals surface area contributed by atoms with Gasteiger partial charge in [-0.15, -0.1) is 0 Å². The quantitative estimate of drug-likeness (QED) is 0.912. The second-order valence-electron chi connectivity index (χ2n) is 4.81. The first-order valence-corrected chi connectivity index (χ1v) is 6.06. The summed E-state index contributed by atoms with van der Waals surface area (Å²) < 4.78 is 13.2. The van der Waals surface area contributed by atoms with Gasteiger partial charge in [0.05, 0.1) is 5.41 Å². The van der Waals surface area contributed by atoms with E-state index in [0.29, 0.717) is 11.1 Å². The van der Waals surface area contributed by atoms with Crippen LogP contribution in [-0.2, 0) is 16.6 Å². The van der Waals surface area contributed by atoms with Gasteiger partial charge in [-0.1, -0.05) is 42.5 Å². The Hall–Kier alpha value is -2.16. The number of halogens is 1. The predicted octanol–water partition coefficient (Wildman–Crippen LogP) is 3.41. The van der Waals surface area contributed by atoms with Crippen molar-refractivity contribution in [1.82, 2.24) is 0 Å². The Morgan fingerprint density at radius 2 is 1.84 bits per heavy atom. The summed E-state index contributed by atoms with van der Waals surface area (Å²) in [4.78, 5) is 11.6. The fraction of sp³-hybridized carbons (Fsp3) is 0.188. The highest BCUT2D eigenvalue weighted by Crippen LogP contribution is 2.28. The standard InChI is InChI=1S/C16H15FO2/c1-16(15(18)19,13-7-3-2-4-8-13)11-12-6-5-9-14(17)10-12/h2-10H,11H2,1H3,(H,18,19). The highest BCUT2D eigenvalue weighted by Gasteiger charge is 2.35. The molecule has 2 aromatic rings. The molecule has 2 aromatic carbocycles. The molecule has 0 saturated carbocycles. The van der Waals surface area contributed by atoms with E-state index < -0.39 is 11.4 Å². The molecular formula is C16H15FO2. The van der Waals surface area contributed by atoms with Gasteiger partial charge in [-0.25, -0.2) is 4.39 Å². The van der Waals surface area contributed by atoms with Crippen molar-refractivity contribution < 1.29 is 14.3 Å². The molecule has 0 saturated heterocycles. The second kappa shape index (κ2) is 5.22. The summed E-state index contributed by atoms with van der Waals surface area (Å²) in [5.41, 5.74) is 0.329. The first-order valence-electron chi connectivity index (χ1n) is 6.06. The van der Waals surface area contributed by atoms with Gasteiger partial charge >= 0.3 is 5.97 Å². The van der Waals surface area contributed by atoms with Gasteiger partial charge in [0.25, 0.3) is 0 Å². The van der Waals surface area contributed by atoms with Gasteiger partial charge in [0, 0.05) is 0 Å². The lowest BCUT2D eigenvalue weighted by atomic mass is 9.77. The molecule has 0 amide bonds. The first kappa shape index (κ1) is 13.3. The van der Waals surface area contributed by atoms with Crippen LogP contribution in [0.5, 0.6) is 0 Å². The van der Waals surface area contributed by atoms with Crippen molar-refractivity contribution >= 4 is 5.97 Å². The van der Waals surface area contributed by atoms with Crippen molar-refractivity contribution in [3.05, 3.63) is 71.5 Å². The minimum absolute atomic E-state index is 0.254. The lowest BCUT2D eigenvalue weighted by molar-refractivity contribution is -0.143. The van der Waals surface area contributed by atoms with Crippen LogP contribution >= 0.6 is 0 Å². The third-order valence-corrected chi connectivity index (χ3v) is 3.33. The summed E-state index contributed by atoms with van der Waals surface area (Å²) in [7, 11) is 0. The van der Waals surface area contributed by atoms with Gasteiger partial charge in [-0.2, -0.15) is 0 Å².